The van der Waals surface area contributed by atoms with Crippen molar-refractivity contribution in [1.29, 1.82) is 0 Å². The molecule has 2 N–H and O–H groups in total. The molecule has 1 unspecified atom stereocenters. The SMILES string of the molecule is CCC(Sc1ccc(NC(=O)/C(=C/c2ccc(Br)cc2)NC(=O)c2ccccc2)cc1)C(=O)N(c1ccccc1)c1ccccc1. The molecule has 0 bridgehead atoms. The second-order valence-electron chi connectivity index (χ2n) is 10.3. The summed E-state index contributed by atoms with van der Waals surface area (Å²) in [5.74, 6) is -0.865. The Morgan fingerprint density at radius 3 is 1.83 bits per heavy atom. The average molecular weight is 691 g/mol. The minimum Gasteiger partial charge on any atom is -0.321 e. The van der Waals surface area contributed by atoms with Gasteiger partial charge in [-0.15, -0.1) is 11.8 Å². The van der Waals surface area contributed by atoms with Gasteiger partial charge in [0.15, 0.2) is 0 Å². The van der Waals surface area contributed by atoms with Crippen LogP contribution in [0.1, 0.15) is 29.3 Å². The predicted octanol–water partition coefficient (Wildman–Crippen LogP) is 9.09. The fraction of sp³-hybridized carbons (Fsp3) is 0.0789. The summed E-state index contributed by atoms with van der Waals surface area (Å²) in [5.41, 5.74) is 3.47. The highest BCUT2D eigenvalue weighted by Gasteiger charge is 2.26. The molecule has 8 heteroatoms. The van der Waals surface area contributed by atoms with Crippen LogP contribution in [0.5, 0.6) is 0 Å². The number of para-hydroxylation sites is 2. The monoisotopic (exact) mass is 689 g/mol. The van der Waals surface area contributed by atoms with Crippen LogP contribution in [0.4, 0.5) is 17.1 Å². The van der Waals surface area contributed by atoms with Crippen molar-refractivity contribution in [2.75, 3.05) is 10.2 Å². The molecular weight excluding hydrogens is 658 g/mol. The van der Waals surface area contributed by atoms with Crippen LogP contribution >= 0.6 is 27.7 Å². The molecule has 6 nitrogen and oxygen atoms in total. The van der Waals surface area contributed by atoms with Gasteiger partial charge in [0, 0.05) is 32.0 Å². The van der Waals surface area contributed by atoms with Gasteiger partial charge in [0.25, 0.3) is 11.8 Å². The molecule has 5 aromatic rings. The van der Waals surface area contributed by atoms with Crippen LogP contribution in [0.25, 0.3) is 6.08 Å². The first-order valence-electron chi connectivity index (χ1n) is 14.8. The molecule has 5 rings (SSSR count). The Kier molecular flexibility index (Phi) is 11.2. The van der Waals surface area contributed by atoms with Gasteiger partial charge >= 0.3 is 0 Å². The number of benzene rings is 5. The number of amides is 3. The van der Waals surface area contributed by atoms with Gasteiger partial charge in [-0.1, -0.05) is 89.6 Å². The van der Waals surface area contributed by atoms with Crippen molar-refractivity contribution >= 4 is 68.6 Å². The molecule has 0 aromatic heterocycles. The average Bonchev–Trinajstić information content (AvgIpc) is 3.10. The molecule has 0 saturated carbocycles. The van der Waals surface area contributed by atoms with Gasteiger partial charge in [0.1, 0.15) is 5.70 Å². The van der Waals surface area contributed by atoms with Crippen LogP contribution in [-0.2, 0) is 9.59 Å². The Morgan fingerprint density at radius 1 is 0.739 bits per heavy atom. The molecule has 0 radical (unpaired) electrons. The molecule has 0 aliphatic rings. The maximum absolute atomic E-state index is 13.9. The van der Waals surface area contributed by atoms with E-state index in [9.17, 15) is 14.4 Å². The van der Waals surface area contributed by atoms with E-state index in [-0.39, 0.29) is 22.8 Å². The Hall–Kier alpha value is -4.92. The van der Waals surface area contributed by atoms with Gasteiger partial charge < -0.3 is 10.6 Å². The smallest absolute Gasteiger partial charge is 0.272 e. The van der Waals surface area contributed by atoms with Crippen molar-refractivity contribution in [3.63, 3.8) is 0 Å². The van der Waals surface area contributed by atoms with E-state index in [0.29, 0.717) is 17.7 Å². The molecule has 1 atom stereocenters. The van der Waals surface area contributed by atoms with Gasteiger partial charge in [0.05, 0.1) is 5.25 Å². The number of halogens is 1. The first-order valence-corrected chi connectivity index (χ1v) is 16.4. The van der Waals surface area contributed by atoms with Gasteiger partial charge in [-0.3, -0.25) is 19.3 Å². The summed E-state index contributed by atoms with van der Waals surface area (Å²) < 4.78 is 0.904. The Bertz CT molecular complexity index is 1760. The summed E-state index contributed by atoms with van der Waals surface area (Å²) in [6.07, 6.45) is 2.26. The number of carbonyl (C=O) groups is 3. The highest BCUT2D eigenvalue weighted by Crippen LogP contribution is 2.33. The lowest BCUT2D eigenvalue weighted by atomic mass is 10.1. The van der Waals surface area contributed by atoms with E-state index >= 15 is 0 Å². The molecule has 0 aliphatic carbocycles. The second kappa shape index (κ2) is 15.9. The third-order valence-corrected chi connectivity index (χ3v) is 8.89. The van der Waals surface area contributed by atoms with E-state index in [1.54, 1.807) is 47.4 Å². The first-order chi connectivity index (χ1) is 22.4. The minimum absolute atomic E-state index is 0.0147. The number of carbonyl (C=O) groups excluding carboxylic acids is 3. The number of thioether (sulfide) groups is 1. The number of nitrogens with zero attached hydrogens (tertiary/aromatic N) is 1. The zero-order chi connectivity index (χ0) is 32.3. The predicted molar refractivity (Wildman–Crippen MR) is 191 cm³/mol. The number of nitrogens with one attached hydrogen (secondary N) is 2. The fourth-order valence-corrected chi connectivity index (χ4v) is 5.92. The second-order valence-corrected chi connectivity index (χ2v) is 12.5. The zero-order valence-corrected chi connectivity index (χ0v) is 27.5. The molecule has 0 aliphatic heterocycles. The summed E-state index contributed by atoms with van der Waals surface area (Å²) in [5, 5.41) is 5.32. The molecule has 0 fully saturated rings. The fourth-order valence-electron chi connectivity index (χ4n) is 4.66. The number of anilines is 3. The Morgan fingerprint density at radius 2 is 1.28 bits per heavy atom. The molecule has 0 spiro atoms. The first kappa shape index (κ1) is 32.5. The molecule has 0 heterocycles. The van der Waals surface area contributed by atoms with Crippen molar-refractivity contribution in [1.82, 2.24) is 5.32 Å². The van der Waals surface area contributed by atoms with Crippen LogP contribution in [0.2, 0.25) is 0 Å². The lowest BCUT2D eigenvalue weighted by molar-refractivity contribution is -0.117. The van der Waals surface area contributed by atoms with E-state index < -0.39 is 5.91 Å². The third kappa shape index (κ3) is 8.62. The molecule has 3 amide bonds. The highest BCUT2D eigenvalue weighted by molar-refractivity contribution is 9.10. The van der Waals surface area contributed by atoms with Crippen molar-refractivity contribution in [3.8, 4) is 0 Å². The van der Waals surface area contributed by atoms with E-state index in [1.807, 2.05) is 110 Å². The molecule has 5 aromatic carbocycles. The Balaban J connectivity index is 1.31. The lowest BCUT2D eigenvalue weighted by Crippen LogP contribution is -2.34. The minimum atomic E-state index is -0.462. The van der Waals surface area contributed by atoms with Gasteiger partial charge in [-0.25, -0.2) is 0 Å². The normalized spacial score (nSPS) is 11.7. The van der Waals surface area contributed by atoms with Crippen molar-refractivity contribution in [2.45, 2.75) is 23.5 Å². The van der Waals surface area contributed by atoms with E-state index in [2.05, 4.69) is 26.6 Å². The van der Waals surface area contributed by atoms with Crippen LogP contribution in [0.15, 0.2) is 155 Å². The molecule has 0 saturated heterocycles. The Labute approximate surface area is 281 Å². The van der Waals surface area contributed by atoms with Gasteiger partial charge in [0.2, 0.25) is 5.91 Å². The summed E-state index contributed by atoms with van der Waals surface area (Å²) in [4.78, 5) is 43.0. The van der Waals surface area contributed by atoms with Gasteiger partial charge in [-0.2, -0.15) is 0 Å². The largest absolute Gasteiger partial charge is 0.321 e. The highest BCUT2D eigenvalue weighted by atomic mass is 79.9. The maximum atomic E-state index is 13.9. The van der Waals surface area contributed by atoms with Crippen molar-refractivity contribution in [3.05, 3.63) is 161 Å². The third-order valence-electron chi connectivity index (χ3n) is 7.00. The van der Waals surface area contributed by atoms with Crippen LogP contribution in [0.3, 0.4) is 0 Å². The number of hydrogen-bond acceptors (Lipinski definition) is 4. The number of hydrogen-bond donors (Lipinski definition) is 2. The van der Waals surface area contributed by atoms with E-state index in [1.165, 1.54) is 11.8 Å². The van der Waals surface area contributed by atoms with Gasteiger partial charge in [-0.05, 0) is 90.9 Å². The molecular formula is C38H32BrN3O3S. The zero-order valence-electron chi connectivity index (χ0n) is 25.1. The molecule has 46 heavy (non-hydrogen) atoms. The number of rotatable bonds is 11. The van der Waals surface area contributed by atoms with Crippen LogP contribution in [0, 0.1) is 0 Å². The van der Waals surface area contributed by atoms with E-state index in [4.69, 9.17) is 0 Å². The van der Waals surface area contributed by atoms with E-state index in [0.717, 1.165) is 26.3 Å². The summed E-state index contributed by atoms with van der Waals surface area (Å²) in [6, 6.07) is 42.8. The van der Waals surface area contributed by atoms with Crippen molar-refractivity contribution < 1.29 is 14.4 Å². The quantitative estimate of drug-likeness (QED) is 0.107. The standard InChI is InChI=1S/C38H32BrN3O3S/c1-2-35(38(45)42(31-14-8-4-9-15-31)32-16-10-5-11-17-32)46-33-24-22-30(23-25-33)40-37(44)34(26-27-18-20-29(39)21-19-27)41-36(43)28-12-6-3-7-13-28/h3-26,35H,2H2,1H3,(H,40,44)(H,41,43)/b34-26-. The van der Waals surface area contributed by atoms with Crippen LogP contribution < -0.4 is 15.5 Å². The maximum Gasteiger partial charge on any atom is 0.272 e. The summed E-state index contributed by atoms with van der Waals surface area (Å²) in [7, 11) is 0. The van der Waals surface area contributed by atoms with Crippen LogP contribution in [-0.4, -0.2) is 23.0 Å². The summed E-state index contributed by atoms with van der Waals surface area (Å²) >= 11 is 4.91. The lowest BCUT2D eigenvalue weighted by Gasteiger charge is -2.27. The molecule has 230 valence electrons. The summed E-state index contributed by atoms with van der Waals surface area (Å²) in [6.45, 7) is 2.00. The van der Waals surface area contributed by atoms with Crippen molar-refractivity contribution in [2.24, 2.45) is 0 Å². The topological polar surface area (TPSA) is 78.5 Å².